The Balaban J connectivity index is 1.39. The lowest BCUT2D eigenvalue weighted by molar-refractivity contribution is -0.117. The van der Waals surface area contributed by atoms with Gasteiger partial charge in [-0.3, -0.25) is 9.59 Å². The van der Waals surface area contributed by atoms with Crippen LogP contribution >= 0.6 is 11.8 Å². The first-order valence-electron chi connectivity index (χ1n) is 12.3. The van der Waals surface area contributed by atoms with E-state index in [0.717, 1.165) is 60.9 Å². The zero-order chi connectivity index (χ0) is 23.9. The summed E-state index contributed by atoms with van der Waals surface area (Å²) < 4.78 is 3.62. The minimum atomic E-state index is -0.311. The Kier molecular flexibility index (Phi) is 5.68. The molecule has 0 N–H and O–H groups in total. The minimum absolute atomic E-state index is 0.0872. The van der Waals surface area contributed by atoms with Gasteiger partial charge in [0.25, 0.3) is 5.56 Å². The molecule has 6 rings (SSSR count). The van der Waals surface area contributed by atoms with Crippen LogP contribution in [-0.4, -0.2) is 37.0 Å². The molecular formula is C27H27N5O2S. The number of aromatic nitrogens is 4. The van der Waals surface area contributed by atoms with E-state index in [4.69, 9.17) is 4.98 Å². The second-order valence-electron chi connectivity index (χ2n) is 9.18. The van der Waals surface area contributed by atoms with Crippen LogP contribution in [0, 0.1) is 0 Å². The van der Waals surface area contributed by atoms with E-state index in [1.165, 1.54) is 22.0 Å². The third-order valence-corrected chi connectivity index (χ3v) is 8.03. The van der Waals surface area contributed by atoms with Crippen LogP contribution in [-0.2, 0) is 24.2 Å². The van der Waals surface area contributed by atoms with E-state index in [-0.39, 0.29) is 16.7 Å². The van der Waals surface area contributed by atoms with Crippen molar-refractivity contribution in [2.45, 2.75) is 56.0 Å². The summed E-state index contributed by atoms with van der Waals surface area (Å²) in [5.41, 5.74) is 4.43. The molecule has 0 spiro atoms. The molecule has 0 saturated carbocycles. The van der Waals surface area contributed by atoms with Gasteiger partial charge >= 0.3 is 0 Å². The van der Waals surface area contributed by atoms with Gasteiger partial charge in [0, 0.05) is 24.5 Å². The number of amides is 1. The van der Waals surface area contributed by atoms with Crippen LogP contribution in [0.2, 0.25) is 0 Å². The molecule has 35 heavy (non-hydrogen) atoms. The lowest BCUT2D eigenvalue weighted by Gasteiger charge is -2.23. The molecule has 2 aromatic carbocycles. The van der Waals surface area contributed by atoms with E-state index in [9.17, 15) is 9.59 Å². The third kappa shape index (κ3) is 3.86. The van der Waals surface area contributed by atoms with Crippen LogP contribution in [0.5, 0.6) is 0 Å². The van der Waals surface area contributed by atoms with Crippen LogP contribution in [0.25, 0.3) is 17.1 Å². The molecule has 0 saturated heterocycles. The number of carbonyl (C=O) groups is 1. The van der Waals surface area contributed by atoms with Crippen molar-refractivity contribution >= 4 is 23.4 Å². The first-order valence-corrected chi connectivity index (χ1v) is 13.1. The topological polar surface area (TPSA) is 73.0 Å². The second kappa shape index (κ2) is 9.00. The lowest BCUT2D eigenvalue weighted by Crippen LogP contribution is -2.35. The van der Waals surface area contributed by atoms with Gasteiger partial charge in [0.05, 0.1) is 10.9 Å². The summed E-state index contributed by atoms with van der Waals surface area (Å²) in [7, 11) is 0. The fraction of sp³-hybridized carbons (Fsp3) is 0.333. The average molecular weight is 486 g/mol. The van der Waals surface area contributed by atoms with Crippen molar-refractivity contribution in [3.8, 4) is 17.1 Å². The fourth-order valence-corrected chi connectivity index (χ4v) is 6.19. The molecular weight excluding hydrogens is 458 g/mol. The molecule has 4 heterocycles. The smallest absolute Gasteiger partial charge is 0.284 e. The summed E-state index contributed by atoms with van der Waals surface area (Å²) in [6.45, 7) is 3.46. The summed E-state index contributed by atoms with van der Waals surface area (Å²) in [6.07, 6.45) is 4.85. The summed E-state index contributed by atoms with van der Waals surface area (Å²) in [4.78, 5) is 33.6. The van der Waals surface area contributed by atoms with Crippen molar-refractivity contribution in [1.82, 2.24) is 19.3 Å². The molecule has 0 fully saturated rings. The molecule has 0 unspecified atom stereocenters. The number of thioether (sulfide) groups is 1. The predicted octanol–water partition coefficient (Wildman–Crippen LogP) is 4.33. The third-order valence-electron chi connectivity index (χ3n) is 6.95. The number of hydrogen-bond acceptors (Lipinski definition) is 5. The Morgan fingerprint density at radius 3 is 2.63 bits per heavy atom. The number of fused-ring (bicyclic) bond motifs is 4. The first-order chi connectivity index (χ1) is 17.1. The van der Waals surface area contributed by atoms with Crippen molar-refractivity contribution in [3.63, 3.8) is 0 Å². The van der Waals surface area contributed by atoms with E-state index in [2.05, 4.69) is 15.7 Å². The van der Waals surface area contributed by atoms with Crippen molar-refractivity contribution in [2.24, 2.45) is 0 Å². The number of anilines is 1. The van der Waals surface area contributed by atoms with Gasteiger partial charge in [-0.25, -0.2) is 4.98 Å². The van der Waals surface area contributed by atoms with Gasteiger partial charge in [-0.1, -0.05) is 54.6 Å². The molecule has 0 aliphatic carbocycles. The maximum Gasteiger partial charge on any atom is 0.284 e. The molecule has 7 nitrogen and oxygen atoms in total. The van der Waals surface area contributed by atoms with Crippen LogP contribution in [0.4, 0.5) is 5.69 Å². The Morgan fingerprint density at radius 2 is 1.77 bits per heavy atom. The summed E-state index contributed by atoms with van der Waals surface area (Å²) in [5.74, 6) is 0.546. The van der Waals surface area contributed by atoms with Crippen LogP contribution < -0.4 is 10.5 Å². The van der Waals surface area contributed by atoms with Gasteiger partial charge in [-0.15, -0.1) is 5.10 Å². The monoisotopic (exact) mass is 485 g/mol. The highest BCUT2D eigenvalue weighted by molar-refractivity contribution is 8.00. The molecule has 4 aliphatic rings. The largest absolute Gasteiger partial charge is 0.324 e. The van der Waals surface area contributed by atoms with Crippen LogP contribution in [0.1, 0.15) is 37.4 Å². The van der Waals surface area contributed by atoms with Gasteiger partial charge in [-0.2, -0.15) is 4.68 Å². The molecule has 0 bridgehead atoms. The summed E-state index contributed by atoms with van der Waals surface area (Å²) in [5, 5.41) is 5.07. The van der Waals surface area contributed by atoms with E-state index >= 15 is 0 Å². The molecule has 4 aliphatic heterocycles. The molecule has 8 heteroatoms. The fourth-order valence-electron chi connectivity index (χ4n) is 5.18. The Bertz CT molecular complexity index is 1430. The predicted molar refractivity (Wildman–Crippen MR) is 138 cm³/mol. The standard InChI is InChI=1S/C27H27N5O2S/c1-18(25(33)30-17-15-19-10-7-8-13-21(19)30)35-27-28-24-23(22-14-6-3-9-16-31(22)27)26(34)32(29-24)20-11-4-2-5-12-20/h2,4-5,7-8,10-13,18H,3,6,9,14-17H2,1H3/t18-/m1/s1. The molecule has 1 amide bonds. The van der Waals surface area contributed by atoms with E-state index in [1.807, 2.05) is 60.4 Å². The summed E-state index contributed by atoms with van der Waals surface area (Å²) >= 11 is 1.47. The SMILES string of the molecule is C[C@@H](Sc1nc2nn(-c3ccccc3)c(=O)c-2c2n1CCCCC2)C(=O)N1CCc2ccccc21. The number of carbonyl (C=O) groups excluding carboxylic acids is 1. The van der Waals surface area contributed by atoms with Gasteiger partial charge < -0.3 is 9.47 Å². The number of nitrogens with zero attached hydrogens (tertiary/aromatic N) is 5. The van der Waals surface area contributed by atoms with Crippen molar-refractivity contribution in [3.05, 3.63) is 76.2 Å². The maximum absolute atomic E-state index is 13.5. The van der Waals surface area contributed by atoms with E-state index < -0.39 is 0 Å². The first kappa shape index (κ1) is 22.1. The molecule has 2 aromatic rings. The maximum atomic E-state index is 13.5. The van der Waals surface area contributed by atoms with Gasteiger partial charge in [0.15, 0.2) is 11.0 Å². The van der Waals surface area contributed by atoms with Gasteiger partial charge in [-0.05, 0) is 56.4 Å². The van der Waals surface area contributed by atoms with Crippen molar-refractivity contribution in [1.29, 1.82) is 0 Å². The van der Waals surface area contributed by atoms with E-state index in [1.54, 1.807) is 0 Å². The lowest BCUT2D eigenvalue weighted by atomic mass is 10.1. The minimum Gasteiger partial charge on any atom is -0.324 e. The highest BCUT2D eigenvalue weighted by Gasteiger charge is 2.31. The molecule has 1 atom stereocenters. The summed E-state index contributed by atoms with van der Waals surface area (Å²) in [6, 6.07) is 17.6. The zero-order valence-electron chi connectivity index (χ0n) is 19.7. The Hall–Kier alpha value is -3.39. The Morgan fingerprint density at radius 1 is 0.971 bits per heavy atom. The van der Waals surface area contributed by atoms with Crippen molar-refractivity contribution in [2.75, 3.05) is 11.4 Å². The van der Waals surface area contributed by atoms with Crippen molar-refractivity contribution < 1.29 is 4.79 Å². The van der Waals surface area contributed by atoms with Crippen LogP contribution in [0.15, 0.2) is 64.5 Å². The highest BCUT2D eigenvalue weighted by Crippen LogP contribution is 2.34. The number of rotatable bonds is 4. The second-order valence-corrected chi connectivity index (χ2v) is 10.5. The van der Waals surface area contributed by atoms with E-state index in [0.29, 0.717) is 17.9 Å². The molecule has 0 aromatic heterocycles. The van der Waals surface area contributed by atoms with Gasteiger partial charge in [0.2, 0.25) is 5.91 Å². The zero-order valence-corrected chi connectivity index (χ0v) is 20.5. The number of para-hydroxylation sites is 2. The molecule has 178 valence electrons. The quantitative estimate of drug-likeness (QED) is 0.318. The van der Waals surface area contributed by atoms with Gasteiger partial charge in [0.1, 0.15) is 5.56 Å². The normalized spacial score (nSPS) is 16.1. The van der Waals surface area contributed by atoms with Crippen LogP contribution in [0.3, 0.4) is 0 Å². The number of benzene rings is 2. The Labute approximate surface area is 208 Å². The average Bonchev–Trinajstić information content (AvgIpc) is 3.36. The molecule has 0 radical (unpaired) electrons. The highest BCUT2D eigenvalue weighted by atomic mass is 32.2. The number of hydrogen-bond donors (Lipinski definition) is 0.